The molecule has 1 aliphatic heterocycles. The van der Waals surface area contributed by atoms with E-state index in [0.717, 1.165) is 27.7 Å². The van der Waals surface area contributed by atoms with Crippen LogP contribution in [0.3, 0.4) is 0 Å². The van der Waals surface area contributed by atoms with E-state index in [1.807, 2.05) is 0 Å². The maximum atomic E-state index is 12.9. The number of pyridine rings is 1. The minimum Gasteiger partial charge on any atom is -0.312 e. The van der Waals surface area contributed by atoms with Crippen molar-refractivity contribution in [3.63, 3.8) is 0 Å². The number of carbonyl (C=O) groups is 2. The fourth-order valence-corrected chi connectivity index (χ4v) is 4.50. The highest BCUT2D eigenvalue weighted by atomic mass is 32.2. The Labute approximate surface area is 170 Å². The first-order chi connectivity index (χ1) is 13.7. The molecule has 1 aliphatic rings. The molecule has 0 saturated heterocycles. The fourth-order valence-electron chi connectivity index (χ4n) is 3.32. The van der Waals surface area contributed by atoms with Gasteiger partial charge in [0.25, 0.3) is 0 Å². The molecule has 29 heavy (non-hydrogen) atoms. The Bertz CT molecular complexity index is 1050. The summed E-state index contributed by atoms with van der Waals surface area (Å²) in [5.41, 5.74) is 2.31. The molecule has 0 aliphatic carbocycles. The molecular weight excluding hydrogens is 392 g/mol. The third kappa shape index (κ3) is 4.63. The lowest BCUT2D eigenvalue weighted by Gasteiger charge is -2.29. The average Bonchev–Trinajstić information content (AvgIpc) is 2.66. The van der Waals surface area contributed by atoms with Crippen LogP contribution in [0.4, 0.5) is 11.5 Å². The summed E-state index contributed by atoms with van der Waals surface area (Å²) in [6.07, 6.45) is 1.48. The first-order valence-corrected chi connectivity index (χ1v) is 10.7. The average molecular weight is 417 g/mol. The summed E-state index contributed by atoms with van der Waals surface area (Å²) < 4.78 is 26.9. The molecule has 1 aromatic carbocycles. The zero-order valence-corrected chi connectivity index (χ0v) is 17.5. The SMILES string of the molecule is CC(=O)N1CCCc2cc(S(=O)(=O)N(C)CC(=O)Nc3cccc(C)n3)ccc21. The number of likely N-dealkylation sites (N-methyl/N-ethyl adjacent to an activating group) is 1. The van der Waals surface area contributed by atoms with Gasteiger partial charge in [-0.1, -0.05) is 6.07 Å². The maximum Gasteiger partial charge on any atom is 0.243 e. The second kappa shape index (κ2) is 8.30. The van der Waals surface area contributed by atoms with Crippen molar-refractivity contribution in [3.05, 3.63) is 47.7 Å². The van der Waals surface area contributed by atoms with Crippen LogP contribution in [0.1, 0.15) is 24.6 Å². The number of anilines is 2. The van der Waals surface area contributed by atoms with Gasteiger partial charge >= 0.3 is 0 Å². The second-order valence-corrected chi connectivity index (χ2v) is 9.08. The molecular formula is C20H24N4O4S. The third-order valence-corrected chi connectivity index (χ3v) is 6.58. The minimum absolute atomic E-state index is 0.0693. The van der Waals surface area contributed by atoms with Gasteiger partial charge in [-0.25, -0.2) is 13.4 Å². The number of amides is 2. The fraction of sp³-hybridized carbons (Fsp3) is 0.350. The summed E-state index contributed by atoms with van der Waals surface area (Å²) >= 11 is 0. The van der Waals surface area contributed by atoms with E-state index in [1.165, 1.54) is 20.0 Å². The molecule has 0 radical (unpaired) electrons. The first-order valence-electron chi connectivity index (χ1n) is 9.29. The molecule has 2 amide bonds. The second-order valence-electron chi connectivity index (χ2n) is 7.04. The zero-order chi connectivity index (χ0) is 21.2. The van der Waals surface area contributed by atoms with Gasteiger partial charge in [0.1, 0.15) is 5.82 Å². The lowest BCUT2D eigenvalue weighted by molar-refractivity contribution is -0.117. The number of hydrogen-bond donors (Lipinski definition) is 1. The van der Waals surface area contributed by atoms with Crippen molar-refractivity contribution in [1.29, 1.82) is 0 Å². The van der Waals surface area contributed by atoms with Gasteiger partial charge in [-0.2, -0.15) is 4.31 Å². The van der Waals surface area contributed by atoms with Crippen LogP contribution in [-0.4, -0.2) is 49.7 Å². The van der Waals surface area contributed by atoms with Crippen molar-refractivity contribution in [2.45, 2.75) is 31.6 Å². The molecule has 0 fully saturated rings. The number of benzene rings is 1. The van der Waals surface area contributed by atoms with Gasteiger partial charge in [-0.3, -0.25) is 9.59 Å². The van der Waals surface area contributed by atoms with Crippen molar-refractivity contribution in [2.75, 3.05) is 30.4 Å². The summed E-state index contributed by atoms with van der Waals surface area (Å²) in [6.45, 7) is 3.58. The summed E-state index contributed by atoms with van der Waals surface area (Å²) in [5, 5.41) is 2.61. The Morgan fingerprint density at radius 1 is 1.24 bits per heavy atom. The van der Waals surface area contributed by atoms with Gasteiger partial charge in [-0.05, 0) is 55.7 Å². The van der Waals surface area contributed by atoms with Crippen molar-refractivity contribution in [3.8, 4) is 0 Å². The van der Waals surface area contributed by atoms with Crippen LogP contribution < -0.4 is 10.2 Å². The summed E-state index contributed by atoms with van der Waals surface area (Å²) in [6, 6.07) is 9.94. The number of nitrogens with one attached hydrogen (secondary N) is 1. The highest BCUT2D eigenvalue weighted by Crippen LogP contribution is 2.30. The quantitative estimate of drug-likeness (QED) is 0.803. The normalized spacial score (nSPS) is 13.9. The van der Waals surface area contributed by atoms with Crippen molar-refractivity contribution in [1.82, 2.24) is 9.29 Å². The highest BCUT2D eigenvalue weighted by molar-refractivity contribution is 7.89. The molecule has 0 atom stereocenters. The largest absolute Gasteiger partial charge is 0.312 e. The van der Waals surface area contributed by atoms with Crippen LogP contribution in [0.2, 0.25) is 0 Å². The Morgan fingerprint density at radius 2 is 2.00 bits per heavy atom. The third-order valence-electron chi connectivity index (χ3n) is 4.78. The topological polar surface area (TPSA) is 99.7 Å². The van der Waals surface area contributed by atoms with E-state index >= 15 is 0 Å². The van der Waals surface area contributed by atoms with Crippen LogP contribution in [0.15, 0.2) is 41.3 Å². The van der Waals surface area contributed by atoms with Crippen LogP contribution in [0.5, 0.6) is 0 Å². The van der Waals surface area contributed by atoms with Gasteiger partial charge in [0.2, 0.25) is 21.8 Å². The molecule has 0 unspecified atom stereocenters. The van der Waals surface area contributed by atoms with Crippen molar-refractivity contribution >= 4 is 33.3 Å². The van der Waals surface area contributed by atoms with E-state index in [9.17, 15) is 18.0 Å². The molecule has 1 N–H and O–H groups in total. The number of nitrogens with zero attached hydrogens (tertiary/aromatic N) is 3. The molecule has 0 spiro atoms. The van der Waals surface area contributed by atoms with Crippen LogP contribution >= 0.6 is 0 Å². The number of fused-ring (bicyclic) bond motifs is 1. The van der Waals surface area contributed by atoms with Gasteiger partial charge in [-0.15, -0.1) is 0 Å². The molecule has 154 valence electrons. The highest BCUT2D eigenvalue weighted by Gasteiger charge is 2.26. The minimum atomic E-state index is -3.86. The lowest BCUT2D eigenvalue weighted by atomic mass is 10.0. The Morgan fingerprint density at radius 3 is 2.69 bits per heavy atom. The van der Waals surface area contributed by atoms with Crippen LogP contribution in [-0.2, 0) is 26.0 Å². The van der Waals surface area contributed by atoms with Crippen LogP contribution in [0, 0.1) is 6.92 Å². The lowest BCUT2D eigenvalue weighted by Crippen LogP contribution is -2.36. The first kappa shape index (κ1) is 20.9. The van der Waals surface area contributed by atoms with Crippen LogP contribution in [0.25, 0.3) is 0 Å². The molecule has 9 heteroatoms. The van der Waals surface area contributed by atoms with Crippen molar-refractivity contribution < 1.29 is 18.0 Å². The molecule has 0 bridgehead atoms. The van der Waals surface area contributed by atoms with Gasteiger partial charge in [0.15, 0.2) is 0 Å². The van der Waals surface area contributed by atoms with E-state index in [2.05, 4.69) is 10.3 Å². The number of sulfonamides is 1. The summed E-state index contributed by atoms with van der Waals surface area (Å²) in [5.74, 6) is -0.172. The van der Waals surface area contributed by atoms with E-state index in [0.29, 0.717) is 18.8 Å². The van der Waals surface area contributed by atoms with Gasteiger partial charge < -0.3 is 10.2 Å². The summed E-state index contributed by atoms with van der Waals surface area (Å²) in [4.78, 5) is 30.0. The zero-order valence-electron chi connectivity index (χ0n) is 16.7. The monoisotopic (exact) mass is 416 g/mol. The van der Waals surface area contributed by atoms with Crippen molar-refractivity contribution in [2.24, 2.45) is 0 Å². The number of rotatable bonds is 5. The molecule has 3 rings (SSSR count). The van der Waals surface area contributed by atoms with E-state index in [1.54, 1.807) is 42.2 Å². The predicted molar refractivity (Wildman–Crippen MR) is 110 cm³/mol. The molecule has 1 aromatic heterocycles. The summed E-state index contributed by atoms with van der Waals surface area (Å²) in [7, 11) is -2.50. The Hall–Kier alpha value is -2.78. The Kier molecular flexibility index (Phi) is 5.99. The number of hydrogen-bond acceptors (Lipinski definition) is 5. The predicted octanol–water partition coefficient (Wildman–Crippen LogP) is 1.95. The number of aryl methyl sites for hydroxylation is 2. The molecule has 2 heterocycles. The smallest absolute Gasteiger partial charge is 0.243 e. The number of aromatic nitrogens is 1. The van der Waals surface area contributed by atoms with E-state index in [4.69, 9.17) is 0 Å². The molecule has 8 nitrogen and oxygen atoms in total. The van der Waals surface area contributed by atoms with E-state index in [-0.39, 0.29) is 17.3 Å². The van der Waals surface area contributed by atoms with E-state index < -0.39 is 15.9 Å². The van der Waals surface area contributed by atoms with Gasteiger partial charge in [0, 0.05) is 31.9 Å². The van der Waals surface area contributed by atoms with Gasteiger partial charge in [0.05, 0.1) is 11.4 Å². The standard InChI is InChI=1S/C20H24N4O4S/c1-14-6-4-8-19(21-14)22-20(26)13-23(3)29(27,28)17-9-10-18-16(12-17)7-5-11-24(18)15(2)25/h4,6,8-10,12H,5,7,11,13H2,1-3H3,(H,21,22,26). The Balaban J connectivity index is 1.76. The molecule has 2 aromatic rings. The molecule has 0 saturated carbocycles. The number of carbonyl (C=O) groups excluding carboxylic acids is 2. The maximum absolute atomic E-state index is 12.9.